The van der Waals surface area contributed by atoms with Gasteiger partial charge in [-0.3, -0.25) is 9.59 Å². The van der Waals surface area contributed by atoms with Crippen molar-refractivity contribution in [1.82, 2.24) is 25.5 Å². The number of amides is 2. The second-order valence-corrected chi connectivity index (χ2v) is 9.50. The molecule has 1 aliphatic rings. The van der Waals surface area contributed by atoms with E-state index in [1.807, 2.05) is 32.9 Å². The Morgan fingerprint density at radius 3 is 2.77 bits per heavy atom. The molecule has 0 saturated heterocycles. The van der Waals surface area contributed by atoms with Crippen molar-refractivity contribution in [2.45, 2.75) is 39.9 Å². The van der Waals surface area contributed by atoms with E-state index in [0.29, 0.717) is 12.2 Å². The number of aromatic nitrogens is 2. The zero-order chi connectivity index (χ0) is 21.5. The number of carbonyl (C=O) groups is 2. The van der Waals surface area contributed by atoms with E-state index < -0.39 is 11.5 Å². The van der Waals surface area contributed by atoms with Crippen LogP contribution in [0.1, 0.15) is 37.0 Å². The average Bonchev–Trinajstić information content (AvgIpc) is 3.32. The molecule has 158 valence electrons. The van der Waals surface area contributed by atoms with Gasteiger partial charge < -0.3 is 20.5 Å². The molecular weight excluding hydrogens is 398 g/mol. The Morgan fingerprint density at radius 1 is 1.27 bits per heavy atom. The van der Waals surface area contributed by atoms with Gasteiger partial charge in [0.15, 0.2) is 5.69 Å². The fraction of sp³-hybridized carbons (Fsp3) is 0.409. The van der Waals surface area contributed by atoms with Gasteiger partial charge in [-0.15, -0.1) is 11.3 Å². The smallest absolute Gasteiger partial charge is 0.272 e. The van der Waals surface area contributed by atoms with Crippen molar-refractivity contribution in [2.24, 2.45) is 5.41 Å². The molecule has 0 radical (unpaired) electrons. The van der Waals surface area contributed by atoms with Crippen LogP contribution in [0.2, 0.25) is 0 Å². The van der Waals surface area contributed by atoms with E-state index >= 15 is 0 Å². The van der Waals surface area contributed by atoms with Crippen molar-refractivity contribution in [3.8, 4) is 11.4 Å². The van der Waals surface area contributed by atoms with Crippen LogP contribution in [0.5, 0.6) is 0 Å². The molecule has 7 nitrogen and oxygen atoms in total. The SMILES string of the molecule is CNC(=O)C(NC(=O)c1nc(-c2csc3ccccc23)n2c1CNCC2)C(C)(C)C. The van der Waals surface area contributed by atoms with Gasteiger partial charge in [0.25, 0.3) is 5.91 Å². The highest BCUT2D eigenvalue weighted by Crippen LogP contribution is 2.35. The molecule has 0 bridgehead atoms. The van der Waals surface area contributed by atoms with Crippen LogP contribution in [0, 0.1) is 5.41 Å². The Bertz CT molecular complexity index is 1110. The van der Waals surface area contributed by atoms with Gasteiger partial charge in [-0.05, 0) is 11.5 Å². The van der Waals surface area contributed by atoms with E-state index in [9.17, 15) is 9.59 Å². The lowest BCUT2D eigenvalue weighted by Gasteiger charge is -2.29. The Balaban J connectivity index is 1.76. The van der Waals surface area contributed by atoms with Gasteiger partial charge >= 0.3 is 0 Å². The van der Waals surface area contributed by atoms with Crippen LogP contribution in [0.3, 0.4) is 0 Å². The summed E-state index contributed by atoms with van der Waals surface area (Å²) in [7, 11) is 1.58. The first-order valence-electron chi connectivity index (χ1n) is 10.1. The van der Waals surface area contributed by atoms with Crippen LogP contribution in [-0.2, 0) is 17.9 Å². The molecule has 2 aromatic heterocycles. The summed E-state index contributed by atoms with van der Waals surface area (Å²) in [5, 5.41) is 12.1. The summed E-state index contributed by atoms with van der Waals surface area (Å²) in [6.07, 6.45) is 0. The number of carbonyl (C=O) groups excluding carboxylic acids is 2. The van der Waals surface area contributed by atoms with Crippen molar-refractivity contribution in [3.63, 3.8) is 0 Å². The van der Waals surface area contributed by atoms with E-state index in [2.05, 4.69) is 38.0 Å². The molecule has 0 aliphatic carbocycles. The fourth-order valence-electron chi connectivity index (χ4n) is 3.86. The molecule has 0 spiro atoms. The molecule has 1 atom stereocenters. The number of hydrogen-bond donors (Lipinski definition) is 3. The van der Waals surface area contributed by atoms with E-state index in [-0.39, 0.29) is 11.8 Å². The first-order valence-corrected chi connectivity index (χ1v) is 11.0. The number of benzene rings is 1. The second-order valence-electron chi connectivity index (χ2n) is 8.59. The molecular formula is C22H27N5O2S. The maximum Gasteiger partial charge on any atom is 0.272 e. The predicted octanol–water partition coefficient (Wildman–Crippen LogP) is 2.76. The number of rotatable bonds is 4. The third-order valence-corrected chi connectivity index (χ3v) is 6.43. The number of imidazole rings is 1. The maximum absolute atomic E-state index is 13.2. The molecule has 2 amide bonds. The summed E-state index contributed by atoms with van der Waals surface area (Å²) in [5.41, 5.74) is 1.84. The third kappa shape index (κ3) is 3.61. The average molecular weight is 426 g/mol. The topological polar surface area (TPSA) is 88.1 Å². The van der Waals surface area contributed by atoms with Crippen molar-refractivity contribution in [3.05, 3.63) is 41.0 Å². The van der Waals surface area contributed by atoms with Crippen molar-refractivity contribution >= 4 is 33.2 Å². The standard InChI is InChI=1S/C22H27N5O2S/c1-22(2,3)18(21(29)23-4)26-20(28)17-15-11-24-9-10-27(15)19(25-17)14-12-30-16-8-6-5-7-13(14)16/h5-8,12,18,24H,9-11H2,1-4H3,(H,23,29)(H,26,28). The monoisotopic (exact) mass is 425 g/mol. The van der Waals surface area contributed by atoms with Gasteiger partial charge in [-0.1, -0.05) is 39.0 Å². The summed E-state index contributed by atoms with van der Waals surface area (Å²) in [4.78, 5) is 30.4. The van der Waals surface area contributed by atoms with Crippen molar-refractivity contribution < 1.29 is 9.59 Å². The third-order valence-electron chi connectivity index (χ3n) is 5.46. The largest absolute Gasteiger partial charge is 0.357 e. The first kappa shape index (κ1) is 20.6. The van der Waals surface area contributed by atoms with Crippen LogP contribution >= 0.6 is 11.3 Å². The minimum atomic E-state index is -0.658. The number of fused-ring (bicyclic) bond motifs is 2. The van der Waals surface area contributed by atoms with Crippen LogP contribution in [0.15, 0.2) is 29.6 Å². The molecule has 3 heterocycles. The van der Waals surface area contributed by atoms with Gasteiger partial charge in [0.05, 0.1) is 5.69 Å². The van der Waals surface area contributed by atoms with Gasteiger partial charge in [0, 0.05) is 47.7 Å². The highest BCUT2D eigenvalue weighted by atomic mass is 32.1. The molecule has 0 fully saturated rings. The van der Waals surface area contributed by atoms with Crippen LogP contribution in [0.25, 0.3) is 21.5 Å². The minimum Gasteiger partial charge on any atom is -0.357 e. The normalized spacial score (nSPS) is 14.9. The molecule has 3 aromatic rings. The van der Waals surface area contributed by atoms with Crippen molar-refractivity contribution in [2.75, 3.05) is 13.6 Å². The summed E-state index contributed by atoms with van der Waals surface area (Å²) in [6, 6.07) is 7.57. The first-order chi connectivity index (χ1) is 14.3. The van der Waals surface area contributed by atoms with E-state index in [1.54, 1.807) is 18.4 Å². The number of nitrogens with zero attached hydrogens (tertiary/aromatic N) is 2. The Morgan fingerprint density at radius 2 is 2.03 bits per heavy atom. The second kappa shape index (κ2) is 7.85. The lowest BCUT2D eigenvalue weighted by molar-refractivity contribution is -0.124. The Labute approximate surface area is 179 Å². The number of nitrogens with one attached hydrogen (secondary N) is 3. The molecule has 8 heteroatoms. The molecule has 0 saturated carbocycles. The quantitative estimate of drug-likeness (QED) is 0.600. The zero-order valence-corrected chi connectivity index (χ0v) is 18.5. The highest BCUT2D eigenvalue weighted by molar-refractivity contribution is 7.17. The maximum atomic E-state index is 13.2. The summed E-state index contributed by atoms with van der Waals surface area (Å²) in [5.74, 6) is 0.268. The lowest BCUT2D eigenvalue weighted by atomic mass is 9.86. The van der Waals surface area contributed by atoms with E-state index in [1.165, 1.54) is 4.70 Å². The number of thiophene rings is 1. The summed E-state index contributed by atoms with van der Waals surface area (Å²) in [6.45, 7) is 7.93. The fourth-order valence-corrected chi connectivity index (χ4v) is 4.80. The van der Waals surface area contributed by atoms with Gasteiger partial charge in [-0.2, -0.15) is 0 Å². The van der Waals surface area contributed by atoms with Gasteiger partial charge in [0.1, 0.15) is 11.9 Å². The Kier molecular flexibility index (Phi) is 5.38. The molecule has 1 aliphatic heterocycles. The summed E-state index contributed by atoms with van der Waals surface area (Å²) >= 11 is 1.68. The minimum absolute atomic E-state index is 0.217. The van der Waals surface area contributed by atoms with Gasteiger partial charge in [0.2, 0.25) is 5.91 Å². The molecule has 1 unspecified atom stereocenters. The number of hydrogen-bond acceptors (Lipinski definition) is 5. The molecule has 1 aromatic carbocycles. The molecule has 4 rings (SSSR count). The highest BCUT2D eigenvalue weighted by Gasteiger charge is 2.34. The molecule has 30 heavy (non-hydrogen) atoms. The Hall–Kier alpha value is -2.71. The van der Waals surface area contributed by atoms with Crippen LogP contribution in [-0.4, -0.2) is 41.0 Å². The van der Waals surface area contributed by atoms with Crippen LogP contribution in [0.4, 0.5) is 0 Å². The predicted molar refractivity (Wildman–Crippen MR) is 120 cm³/mol. The number of likely N-dealkylation sites (N-methyl/N-ethyl adjacent to an activating group) is 1. The van der Waals surface area contributed by atoms with Crippen LogP contribution < -0.4 is 16.0 Å². The van der Waals surface area contributed by atoms with Gasteiger partial charge in [-0.25, -0.2) is 4.98 Å². The van der Waals surface area contributed by atoms with E-state index in [4.69, 9.17) is 4.98 Å². The van der Waals surface area contributed by atoms with Crippen molar-refractivity contribution in [1.29, 1.82) is 0 Å². The van der Waals surface area contributed by atoms with E-state index in [0.717, 1.165) is 35.6 Å². The zero-order valence-electron chi connectivity index (χ0n) is 17.7. The molecule has 3 N–H and O–H groups in total. The summed E-state index contributed by atoms with van der Waals surface area (Å²) < 4.78 is 3.32. The lowest BCUT2D eigenvalue weighted by Crippen LogP contribution is -2.53.